The second-order valence-electron chi connectivity index (χ2n) is 4.96. The first-order chi connectivity index (χ1) is 10.1. The van der Waals surface area contributed by atoms with Gasteiger partial charge in [0.25, 0.3) is 0 Å². The molecule has 126 valence electrons. The summed E-state index contributed by atoms with van der Waals surface area (Å²) in [6.07, 6.45) is 0.638. The number of nitrogens with zero attached hydrogens (tertiary/aromatic N) is 1. The van der Waals surface area contributed by atoms with E-state index < -0.39 is 0 Å². The van der Waals surface area contributed by atoms with E-state index in [-0.39, 0.29) is 30.8 Å². The molecule has 1 saturated heterocycles. The summed E-state index contributed by atoms with van der Waals surface area (Å²) in [7, 11) is 1.53. The Kier molecular flexibility index (Phi) is 8.45. The van der Waals surface area contributed by atoms with Crippen LogP contribution in [0.2, 0.25) is 0 Å². The van der Waals surface area contributed by atoms with E-state index in [0.29, 0.717) is 16.6 Å². The highest BCUT2D eigenvalue weighted by atomic mass is 79.9. The highest BCUT2D eigenvalue weighted by Gasteiger charge is 2.26. The lowest BCUT2D eigenvalue weighted by Crippen LogP contribution is -2.45. The van der Waals surface area contributed by atoms with Crippen LogP contribution in [0.4, 0.5) is 0 Å². The lowest BCUT2D eigenvalue weighted by Gasteiger charge is -2.35. The van der Waals surface area contributed by atoms with Gasteiger partial charge in [0.1, 0.15) is 0 Å². The number of rotatable bonds is 5. The van der Waals surface area contributed by atoms with Crippen LogP contribution in [0.15, 0.2) is 15.0 Å². The third-order valence-electron chi connectivity index (χ3n) is 3.75. The van der Waals surface area contributed by atoms with E-state index in [1.165, 1.54) is 7.11 Å². The summed E-state index contributed by atoms with van der Waals surface area (Å²) >= 11 is 6.94. The molecule has 0 unspecified atom stereocenters. The second kappa shape index (κ2) is 9.30. The zero-order chi connectivity index (χ0) is 15.4. The number of ether oxygens (including phenoxy) is 1. The molecule has 1 aliphatic heterocycles. The van der Waals surface area contributed by atoms with Crippen LogP contribution in [0.25, 0.3) is 0 Å². The first kappa shape index (κ1) is 20.0. The van der Waals surface area contributed by atoms with Crippen molar-refractivity contribution in [2.75, 3.05) is 39.9 Å². The summed E-state index contributed by atoms with van der Waals surface area (Å²) < 4.78 is 6.63. The molecule has 0 saturated carbocycles. The maximum absolute atomic E-state index is 10.0. The topological polar surface area (TPSA) is 65.0 Å². The molecule has 1 aromatic carbocycles. The molecule has 1 atom stereocenters. The lowest BCUT2D eigenvalue weighted by atomic mass is 10.0. The maximum Gasteiger partial charge on any atom is 0.173 e. The molecule has 3 N–H and O–H groups in total. The molecular weight excluding hydrogens is 439 g/mol. The van der Waals surface area contributed by atoms with Crippen molar-refractivity contribution in [3.63, 3.8) is 0 Å². The van der Waals surface area contributed by atoms with Crippen molar-refractivity contribution >= 4 is 44.3 Å². The molecule has 22 heavy (non-hydrogen) atoms. The predicted molar refractivity (Wildman–Crippen MR) is 96.2 cm³/mol. The summed E-state index contributed by atoms with van der Waals surface area (Å²) in [5.74, 6) is 0.509. The van der Waals surface area contributed by atoms with Gasteiger partial charge < -0.3 is 20.3 Å². The third-order valence-corrected chi connectivity index (χ3v) is 5.91. The average molecular weight is 461 g/mol. The SMILES string of the molecule is COc1cc([C@@H](CCO)N2CCNCC2)c(Br)c(Br)c1O.Cl. The molecule has 0 aromatic heterocycles. The Morgan fingerprint density at radius 3 is 2.50 bits per heavy atom. The summed E-state index contributed by atoms with van der Waals surface area (Å²) in [6, 6.07) is 1.92. The zero-order valence-electron chi connectivity index (χ0n) is 12.3. The number of aliphatic hydroxyl groups excluding tert-OH is 1. The van der Waals surface area contributed by atoms with E-state index in [2.05, 4.69) is 42.1 Å². The number of piperazine rings is 1. The smallest absolute Gasteiger partial charge is 0.173 e. The molecule has 0 radical (unpaired) electrons. The zero-order valence-corrected chi connectivity index (χ0v) is 16.3. The fourth-order valence-corrected chi connectivity index (χ4v) is 3.65. The molecule has 1 aliphatic rings. The summed E-state index contributed by atoms with van der Waals surface area (Å²) in [6.45, 7) is 3.85. The number of benzene rings is 1. The van der Waals surface area contributed by atoms with E-state index >= 15 is 0 Å². The number of hydrogen-bond donors (Lipinski definition) is 3. The van der Waals surface area contributed by atoms with Crippen molar-refractivity contribution in [1.82, 2.24) is 10.2 Å². The Hall–Kier alpha value is -0.0500. The van der Waals surface area contributed by atoms with Crippen LogP contribution in [0, 0.1) is 0 Å². The second-order valence-corrected chi connectivity index (χ2v) is 6.54. The number of hydrogen-bond acceptors (Lipinski definition) is 5. The van der Waals surface area contributed by atoms with Gasteiger partial charge in [0.15, 0.2) is 11.5 Å². The molecule has 5 nitrogen and oxygen atoms in total. The third kappa shape index (κ3) is 4.27. The molecule has 1 aromatic rings. The fourth-order valence-electron chi connectivity index (χ4n) is 2.66. The van der Waals surface area contributed by atoms with Gasteiger partial charge in [-0.05, 0) is 49.9 Å². The van der Waals surface area contributed by atoms with E-state index in [1.54, 1.807) is 0 Å². The maximum atomic E-state index is 10.0. The quantitative estimate of drug-likeness (QED) is 0.631. The number of halogens is 3. The number of phenolic OH excluding ortho intramolecular Hbond substituents is 1. The highest BCUT2D eigenvalue weighted by molar-refractivity contribution is 9.13. The lowest BCUT2D eigenvalue weighted by molar-refractivity contribution is 0.140. The molecule has 0 spiro atoms. The number of aromatic hydroxyl groups is 1. The summed E-state index contributed by atoms with van der Waals surface area (Å²) in [4.78, 5) is 2.34. The highest BCUT2D eigenvalue weighted by Crippen LogP contribution is 2.45. The average Bonchev–Trinajstić information content (AvgIpc) is 2.52. The van der Waals surface area contributed by atoms with Crippen molar-refractivity contribution in [2.24, 2.45) is 0 Å². The minimum atomic E-state index is 0. The minimum absolute atomic E-state index is 0. The van der Waals surface area contributed by atoms with Crippen molar-refractivity contribution < 1.29 is 14.9 Å². The molecule has 1 fully saturated rings. The van der Waals surface area contributed by atoms with Gasteiger partial charge in [-0.1, -0.05) is 0 Å². The normalized spacial score (nSPS) is 16.9. The molecule has 0 amide bonds. The van der Waals surface area contributed by atoms with E-state index in [4.69, 9.17) is 4.74 Å². The molecule has 8 heteroatoms. The van der Waals surface area contributed by atoms with Gasteiger partial charge in [0.2, 0.25) is 0 Å². The fraction of sp³-hybridized carbons (Fsp3) is 0.571. The first-order valence-electron chi connectivity index (χ1n) is 6.90. The molecule has 0 bridgehead atoms. The minimum Gasteiger partial charge on any atom is -0.503 e. The van der Waals surface area contributed by atoms with E-state index in [0.717, 1.165) is 36.2 Å². The van der Waals surface area contributed by atoms with Crippen LogP contribution >= 0.6 is 44.3 Å². The van der Waals surface area contributed by atoms with Crippen LogP contribution in [-0.4, -0.2) is 55.0 Å². The Labute approximate surface area is 153 Å². The van der Waals surface area contributed by atoms with Crippen molar-refractivity contribution in [3.8, 4) is 11.5 Å². The Morgan fingerprint density at radius 1 is 1.32 bits per heavy atom. The number of methoxy groups -OCH3 is 1. The van der Waals surface area contributed by atoms with Crippen LogP contribution < -0.4 is 10.1 Å². The van der Waals surface area contributed by atoms with Gasteiger partial charge in [-0.25, -0.2) is 0 Å². The van der Waals surface area contributed by atoms with Gasteiger partial charge in [-0.3, -0.25) is 4.90 Å². The molecule has 0 aliphatic carbocycles. The van der Waals surface area contributed by atoms with Crippen LogP contribution in [-0.2, 0) is 0 Å². The van der Waals surface area contributed by atoms with Gasteiger partial charge in [0, 0.05) is 43.3 Å². The first-order valence-corrected chi connectivity index (χ1v) is 8.49. The standard InChI is InChI=1S/C14H20Br2N2O3.ClH/c1-21-11-8-9(12(15)13(16)14(11)20)10(2-7-19)18-5-3-17-4-6-18;/h8,10,17,19-20H,2-7H2,1H3;1H/t10-;/m1./s1. The largest absolute Gasteiger partial charge is 0.503 e. The van der Waals surface area contributed by atoms with Crippen LogP contribution in [0.1, 0.15) is 18.0 Å². The Morgan fingerprint density at radius 2 is 1.95 bits per heavy atom. The number of phenols is 1. The van der Waals surface area contributed by atoms with Crippen LogP contribution in [0.3, 0.4) is 0 Å². The van der Waals surface area contributed by atoms with Gasteiger partial charge >= 0.3 is 0 Å². The van der Waals surface area contributed by atoms with Crippen LogP contribution in [0.5, 0.6) is 11.5 Å². The predicted octanol–water partition coefficient (Wildman–Crippen LogP) is 2.68. The van der Waals surface area contributed by atoms with Crippen molar-refractivity contribution in [1.29, 1.82) is 0 Å². The number of nitrogens with one attached hydrogen (secondary N) is 1. The summed E-state index contributed by atoms with van der Waals surface area (Å²) in [5.41, 5.74) is 1.01. The van der Waals surface area contributed by atoms with E-state index in [1.807, 2.05) is 6.07 Å². The van der Waals surface area contributed by atoms with E-state index in [9.17, 15) is 10.2 Å². The molecule has 1 heterocycles. The Bertz CT molecular complexity index is 499. The van der Waals surface area contributed by atoms with Gasteiger partial charge in [-0.15, -0.1) is 12.4 Å². The monoisotopic (exact) mass is 458 g/mol. The van der Waals surface area contributed by atoms with Gasteiger partial charge in [0.05, 0.1) is 11.6 Å². The molecular formula is C14H21Br2ClN2O3. The Balaban J connectivity index is 0.00000242. The summed E-state index contributed by atoms with van der Waals surface area (Å²) in [5, 5.41) is 22.8. The van der Waals surface area contributed by atoms with Crippen molar-refractivity contribution in [3.05, 3.63) is 20.6 Å². The number of aliphatic hydroxyl groups is 1. The van der Waals surface area contributed by atoms with Crippen molar-refractivity contribution in [2.45, 2.75) is 12.5 Å². The van der Waals surface area contributed by atoms with Gasteiger partial charge in [-0.2, -0.15) is 0 Å². The molecule has 2 rings (SSSR count).